The van der Waals surface area contributed by atoms with Gasteiger partial charge in [0.2, 0.25) is 0 Å². The molecule has 0 bridgehead atoms. The average molecular weight is 415 g/mol. The molecule has 1 aromatic carbocycles. The van der Waals surface area contributed by atoms with Crippen molar-refractivity contribution in [3.05, 3.63) is 77.9 Å². The fourth-order valence-corrected chi connectivity index (χ4v) is 4.27. The first-order valence-corrected chi connectivity index (χ1v) is 10.5. The summed E-state index contributed by atoms with van der Waals surface area (Å²) >= 11 is 0. The lowest BCUT2D eigenvalue weighted by atomic mass is 10.0. The third-order valence-electron chi connectivity index (χ3n) is 6.24. The van der Waals surface area contributed by atoms with Gasteiger partial charge in [-0.25, -0.2) is 4.52 Å². The van der Waals surface area contributed by atoms with E-state index < -0.39 is 0 Å². The lowest BCUT2D eigenvalue weighted by Gasteiger charge is -2.38. The Morgan fingerprint density at radius 3 is 2.52 bits per heavy atom. The number of carbonyl (C=O) groups excluding carboxylic acids is 1. The molecule has 158 valence electrons. The summed E-state index contributed by atoms with van der Waals surface area (Å²) in [4.78, 5) is 17.2. The molecule has 3 aromatic heterocycles. The van der Waals surface area contributed by atoms with Crippen molar-refractivity contribution >= 4 is 11.4 Å². The smallest absolute Gasteiger partial charge is 0.270 e. The van der Waals surface area contributed by atoms with Crippen molar-refractivity contribution in [2.75, 3.05) is 26.7 Å². The molecule has 4 heterocycles. The molecule has 4 aromatic rings. The second kappa shape index (κ2) is 7.67. The molecule has 1 fully saturated rings. The molecule has 31 heavy (non-hydrogen) atoms. The average Bonchev–Trinajstić information content (AvgIpc) is 3.40. The topological polar surface area (TPSA) is 58.7 Å². The Labute approximate surface area is 181 Å². The van der Waals surface area contributed by atoms with Crippen molar-refractivity contribution in [1.82, 2.24) is 29.2 Å². The zero-order chi connectivity index (χ0) is 21.5. The van der Waals surface area contributed by atoms with Gasteiger partial charge in [0.05, 0.1) is 11.6 Å². The van der Waals surface area contributed by atoms with E-state index in [1.807, 2.05) is 45.6 Å². The lowest BCUT2D eigenvalue weighted by molar-refractivity contribution is 0.0533. The van der Waals surface area contributed by atoms with Crippen molar-refractivity contribution < 1.29 is 4.79 Å². The van der Waals surface area contributed by atoms with Gasteiger partial charge in [-0.05, 0) is 37.7 Å². The van der Waals surface area contributed by atoms with E-state index in [2.05, 4.69) is 65.6 Å². The van der Waals surface area contributed by atoms with Crippen LogP contribution in [0.15, 0.2) is 60.9 Å². The van der Waals surface area contributed by atoms with Crippen LogP contribution in [0.3, 0.4) is 0 Å². The molecule has 0 radical (unpaired) electrons. The molecular weight excluding hydrogens is 388 g/mol. The van der Waals surface area contributed by atoms with Gasteiger partial charge in [-0.15, -0.1) is 5.10 Å². The minimum Gasteiger partial charge on any atom is -0.347 e. The number of piperazine rings is 1. The molecule has 1 aliphatic rings. The van der Waals surface area contributed by atoms with E-state index >= 15 is 0 Å². The standard InChI is InChI=1S/C24H26N6O/c1-17-6-8-18(9-7-17)19-10-11-20-23(25-26-30(20)15-19)22-16-29(14-13-28(22)3)24(31)21-5-4-12-27(21)2/h4-12,15,22H,13-14,16H2,1-3H3/t22-/m1/s1. The van der Waals surface area contributed by atoms with Gasteiger partial charge in [-0.3, -0.25) is 9.69 Å². The Morgan fingerprint density at radius 2 is 1.77 bits per heavy atom. The van der Waals surface area contributed by atoms with E-state index in [1.165, 1.54) is 5.56 Å². The normalized spacial score (nSPS) is 17.4. The zero-order valence-electron chi connectivity index (χ0n) is 18.1. The van der Waals surface area contributed by atoms with E-state index in [4.69, 9.17) is 0 Å². The predicted molar refractivity (Wildman–Crippen MR) is 120 cm³/mol. The monoisotopic (exact) mass is 414 g/mol. The predicted octanol–water partition coefficient (Wildman–Crippen LogP) is 3.17. The van der Waals surface area contributed by atoms with Crippen LogP contribution in [0, 0.1) is 6.92 Å². The van der Waals surface area contributed by atoms with Gasteiger partial charge in [0.25, 0.3) is 5.91 Å². The molecule has 0 N–H and O–H groups in total. The zero-order valence-corrected chi connectivity index (χ0v) is 18.1. The van der Waals surface area contributed by atoms with Crippen molar-refractivity contribution in [3.8, 4) is 11.1 Å². The minimum atomic E-state index is 0.000642. The maximum Gasteiger partial charge on any atom is 0.270 e. The number of amides is 1. The fourth-order valence-electron chi connectivity index (χ4n) is 4.27. The Balaban J connectivity index is 1.44. The van der Waals surface area contributed by atoms with Crippen molar-refractivity contribution in [3.63, 3.8) is 0 Å². The summed E-state index contributed by atoms with van der Waals surface area (Å²) in [5.41, 5.74) is 6.07. The Morgan fingerprint density at radius 1 is 1.00 bits per heavy atom. The van der Waals surface area contributed by atoms with Crippen LogP contribution in [0.4, 0.5) is 0 Å². The molecule has 1 aliphatic heterocycles. The Hall–Kier alpha value is -3.45. The molecule has 7 heteroatoms. The highest BCUT2D eigenvalue weighted by Gasteiger charge is 2.32. The molecule has 1 amide bonds. The first-order chi connectivity index (χ1) is 15.0. The van der Waals surface area contributed by atoms with Gasteiger partial charge in [0.15, 0.2) is 0 Å². The third kappa shape index (κ3) is 3.51. The van der Waals surface area contributed by atoms with Crippen molar-refractivity contribution in [2.45, 2.75) is 13.0 Å². The van der Waals surface area contributed by atoms with E-state index in [9.17, 15) is 4.79 Å². The lowest BCUT2D eigenvalue weighted by Crippen LogP contribution is -2.49. The van der Waals surface area contributed by atoms with E-state index in [-0.39, 0.29) is 11.9 Å². The highest BCUT2D eigenvalue weighted by atomic mass is 16.2. The second-order valence-corrected chi connectivity index (χ2v) is 8.34. The molecule has 5 rings (SSSR count). The fraction of sp³-hybridized carbons (Fsp3) is 0.292. The van der Waals surface area contributed by atoms with Crippen LogP contribution in [0.1, 0.15) is 27.8 Å². The summed E-state index contributed by atoms with van der Waals surface area (Å²) < 4.78 is 3.71. The minimum absolute atomic E-state index is 0.000642. The number of hydrogen-bond donors (Lipinski definition) is 0. The molecule has 7 nitrogen and oxygen atoms in total. The van der Waals surface area contributed by atoms with E-state index in [1.54, 1.807) is 0 Å². The summed E-state index contributed by atoms with van der Waals surface area (Å²) in [7, 11) is 3.99. The molecular formula is C24H26N6O. The summed E-state index contributed by atoms with van der Waals surface area (Å²) in [6.07, 6.45) is 3.92. The summed E-state index contributed by atoms with van der Waals surface area (Å²) in [5, 5.41) is 8.92. The van der Waals surface area contributed by atoms with Gasteiger partial charge in [0, 0.05) is 44.6 Å². The Kier molecular flexibility index (Phi) is 4.82. The van der Waals surface area contributed by atoms with Crippen molar-refractivity contribution in [1.29, 1.82) is 0 Å². The number of fused-ring (bicyclic) bond motifs is 1. The van der Waals surface area contributed by atoms with Crippen LogP contribution in [-0.4, -0.2) is 61.8 Å². The molecule has 0 unspecified atom stereocenters. The highest BCUT2D eigenvalue weighted by molar-refractivity contribution is 5.92. The van der Waals surface area contributed by atoms with Gasteiger partial charge < -0.3 is 9.47 Å². The maximum absolute atomic E-state index is 13.0. The largest absolute Gasteiger partial charge is 0.347 e. The van der Waals surface area contributed by atoms with Crippen LogP contribution in [0.2, 0.25) is 0 Å². The highest BCUT2D eigenvalue weighted by Crippen LogP contribution is 2.28. The van der Waals surface area contributed by atoms with Gasteiger partial charge in [-0.2, -0.15) is 0 Å². The number of benzene rings is 1. The number of rotatable bonds is 3. The van der Waals surface area contributed by atoms with Gasteiger partial charge in [0.1, 0.15) is 11.4 Å². The SMILES string of the molecule is Cc1ccc(-c2ccc3c([C@H]4CN(C(=O)c5cccn5C)CCN4C)nnn3c2)cc1. The van der Waals surface area contributed by atoms with Crippen LogP contribution in [0.5, 0.6) is 0 Å². The summed E-state index contributed by atoms with van der Waals surface area (Å²) in [5.74, 6) is 0.0590. The second-order valence-electron chi connectivity index (χ2n) is 8.34. The number of likely N-dealkylation sites (N-methyl/N-ethyl adjacent to an activating group) is 1. The third-order valence-corrected chi connectivity index (χ3v) is 6.24. The molecule has 1 atom stereocenters. The van der Waals surface area contributed by atoms with Crippen LogP contribution in [0.25, 0.3) is 16.6 Å². The van der Waals surface area contributed by atoms with E-state index in [0.717, 1.165) is 28.9 Å². The number of pyridine rings is 1. The first-order valence-electron chi connectivity index (χ1n) is 10.5. The first kappa shape index (κ1) is 19.5. The van der Waals surface area contributed by atoms with Crippen LogP contribution < -0.4 is 0 Å². The molecule has 0 saturated carbocycles. The number of aromatic nitrogens is 4. The number of nitrogens with zero attached hydrogens (tertiary/aromatic N) is 6. The summed E-state index contributed by atoms with van der Waals surface area (Å²) in [6, 6.07) is 16.4. The molecule has 0 aliphatic carbocycles. The van der Waals surface area contributed by atoms with Crippen LogP contribution >= 0.6 is 0 Å². The number of aryl methyl sites for hydroxylation is 2. The quantitative estimate of drug-likeness (QED) is 0.517. The van der Waals surface area contributed by atoms with Gasteiger partial charge in [-0.1, -0.05) is 41.1 Å². The van der Waals surface area contributed by atoms with Crippen LogP contribution in [-0.2, 0) is 7.05 Å². The maximum atomic E-state index is 13.0. The summed E-state index contributed by atoms with van der Waals surface area (Å²) in [6.45, 7) is 4.17. The molecule has 1 saturated heterocycles. The molecule has 0 spiro atoms. The van der Waals surface area contributed by atoms with Gasteiger partial charge >= 0.3 is 0 Å². The van der Waals surface area contributed by atoms with Crippen molar-refractivity contribution in [2.24, 2.45) is 7.05 Å². The Bertz CT molecular complexity index is 1240. The number of hydrogen-bond acceptors (Lipinski definition) is 4. The van der Waals surface area contributed by atoms with E-state index in [0.29, 0.717) is 18.8 Å². The number of carbonyl (C=O) groups is 1.